The number of carbonyl (C=O) groups excluding carboxylic acids is 1. The maximum atomic E-state index is 12.4. The largest absolute Gasteiger partial charge is 0.465 e. The first-order valence-corrected chi connectivity index (χ1v) is 8.28. The molecule has 2 aromatic rings. The number of nitrogens with one attached hydrogen (secondary N) is 1. The van der Waals surface area contributed by atoms with Gasteiger partial charge in [-0.15, -0.1) is 0 Å². The number of halogens is 1. The Balaban J connectivity index is 1.71. The molecule has 1 amide bonds. The quantitative estimate of drug-likeness (QED) is 0.888. The van der Waals surface area contributed by atoms with Gasteiger partial charge in [-0.1, -0.05) is 11.6 Å². The summed E-state index contributed by atoms with van der Waals surface area (Å²) >= 11 is 6.03. The van der Waals surface area contributed by atoms with E-state index in [2.05, 4.69) is 15.3 Å². The van der Waals surface area contributed by atoms with Crippen molar-refractivity contribution in [2.75, 3.05) is 32.8 Å². The van der Waals surface area contributed by atoms with Gasteiger partial charge in [0.25, 0.3) is 5.91 Å². The van der Waals surface area contributed by atoms with Crippen LogP contribution in [-0.2, 0) is 11.8 Å². The summed E-state index contributed by atoms with van der Waals surface area (Å²) in [5.74, 6) is 1.39. The Bertz CT molecular complexity index is 706. The van der Waals surface area contributed by atoms with Crippen LogP contribution in [0.3, 0.4) is 0 Å². The molecule has 24 heavy (non-hydrogen) atoms. The zero-order valence-corrected chi connectivity index (χ0v) is 14.5. The van der Waals surface area contributed by atoms with Gasteiger partial charge in [0, 0.05) is 32.9 Å². The van der Waals surface area contributed by atoms with Crippen molar-refractivity contribution < 1.29 is 13.9 Å². The number of ether oxygens (including phenoxy) is 1. The summed E-state index contributed by atoms with van der Waals surface area (Å²) in [4.78, 5) is 14.6. The van der Waals surface area contributed by atoms with Gasteiger partial charge >= 0.3 is 0 Å². The van der Waals surface area contributed by atoms with E-state index in [-0.39, 0.29) is 17.6 Å². The molecular weight excluding hydrogens is 332 g/mol. The first-order chi connectivity index (χ1) is 11.5. The molecule has 1 fully saturated rings. The van der Waals surface area contributed by atoms with Crippen molar-refractivity contribution in [2.24, 2.45) is 7.05 Å². The number of nitrogens with zero attached hydrogens (tertiary/aromatic N) is 3. The van der Waals surface area contributed by atoms with E-state index in [1.54, 1.807) is 13.2 Å². The Kier molecular flexibility index (Phi) is 5.23. The van der Waals surface area contributed by atoms with Crippen molar-refractivity contribution in [1.82, 2.24) is 20.0 Å². The molecule has 1 aliphatic heterocycles. The van der Waals surface area contributed by atoms with E-state index in [0.717, 1.165) is 24.6 Å². The standard InChI is InChI=1S/C16H21ClN4O3/c1-11-3-4-14(24-11)13(21-5-7-23-8-6-21)9-18-16(22)15-12(17)10-20(2)19-15/h3-4,10,13H,5-9H2,1-2H3,(H,18,22)/t13-/m1/s1. The fourth-order valence-electron chi connectivity index (χ4n) is 2.82. The van der Waals surface area contributed by atoms with Crippen molar-refractivity contribution in [1.29, 1.82) is 0 Å². The molecule has 2 aromatic heterocycles. The maximum absolute atomic E-state index is 12.4. The number of rotatable bonds is 5. The lowest BCUT2D eigenvalue weighted by molar-refractivity contribution is 0.0117. The fourth-order valence-corrected chi connectivity index (χ4v) is 3.08. The second-order valence-corrected chi connectivity index (χ2v) is 6.23. The number of furan rings is 1. The summed E-state index contributed by atoms with van der Waals surface area (Å²) in [5.41, 5.74) is 0.232. The monoisotopic (exact) mass is 352 g/mol. The second-order valence-electron chi connectivity index (χ2n) is 5.82. The predicted octanol–water partition coefficient (Wildman–Crippen LogP) is 1.78. The molecule has 0 aromatic carbocycles. The van der Waals surface area contributed by atoms with Crippen LogP contribution in [0, 0.1) is 6.92 Å². The van der Waals surface area contributed by atoms with E-state index in [0.29, 0.717) is 24.8 Å². The van der Waals surface area contributed by atoms with E-state index in [1.165, 1.54) is 4.68 Å². The number of morpholine rings is 1. The van der Waals surface area contributed by atoms with E-state index in [9.17, 15) is 4.79 Å². The molecule has 7 nitrogen and oxygen atoms in total. The minimum Gasteiger partial charge on any atom is -0.465 e. The van der Waals surface area contributed by atoms with Crippen LogP contribution in [0.1, 0.15) is 28.1 Å². The van der Waals surface area contributed by atoms with Crippen LogP contribution in [0.25, 0.3) is 0 Å². The van der Waals surface area contributed by atoms with Gasteiger partial charge in [-0.05, 0) is 19.1 Å². The van der Waals surface area contributed by atoms with E-state index in [4.69, 9.17) is 20.8 Å². The number of hydrogen-bond donors (Lipinski definition) is 1. The van der Waals surface area contributed by atoms with Crippen molar-refractivity contribution >= 4 is 17.5 Å². The van der Waals surface area contributed by atoms with Crippen LogP contribution >= 0.6 is 11.6 Å². The molecule has 0 spiro atoms. The average Bonchev–Trinajstić information content (AvgIpc) is 3.14. The average molecular weight is 353 g/mol. The first kappa shape index (κ1) is 17.0. The van der Waals surface area contributed by atoms with Gasteiger partial charge in [0.05, 0.1) is 24.3 Å². The molecule has 3 rings (SSSR count). The normalized spacial score (nSPS) is 17.0. The Morgan fingerprint density at radius 3 is 2.75 bits per heavy atom. The lowest BCUT2D eigenvalue weighted by Crippen LogP contribution is -2.43. The van der Waals surface area contributed by atoms with Crippen molar-refractivity contribution in [3.63, 3.8) is 0 Å². The molecule has 1 aliphatic rings. The lowest BCUT2D eigenvalue weighted by Gasteiger charge is -2.33. The Hall–Kier alpha value is -1.83. The number of aromatic nitrogens is 2. The van der Waals surface area contributed by atoms with Gasteiger partial charge in [0.2, 0.25) is 0 Å². The highest BCUT2D eigenvalue weighted by Crippen LogP contribution is 2.23. The van der Waals surface area contributed by atoms with Gasteiger partial charge in [0.1, 0.15) is 11.5 Å². The molecule has 3 heterocycles. The van der Waals surface area contributed by atoms with Gasteiger partial charge in [-0.2, -0.15) is 5.10 Å². The van der Waals surface area contributed by atoms with Gasteiger partial charge in [-0.3, -0.25) is 14.4 Å². The van der Waals surface area contributed by atoms with Crippen LogP contribution < -0.4 is 5.32 Å². The zero-order chi connectivity index (χ0) is 17.1. The van der Waals surface area contributed by atoms with E-state index in [1.807, 2.05) is 19.1 Å². The molecule has 1 N–H and O–H groups in total. The third kappa shape index (κ3) is 3.80. The maximum Gasteiger partial charge on any atom is 0.273 e. The number of carbonyl (C=O) groups is 1. The van der Waals surface area contributed by atoms with Crippen LogP contribution in [-0.4, -0.2) is 53.4 Å². The topological polar surface area (TPSA) is 72.5 Å². The summed E-state index contributed by atoms with van der Waals surface area (Å²) in [7, 11) is 1.73. The summed E-state index contributed by atoms with van der Waals surface area (Å²) in [5, 5.41) is 7.35. The molecule has 130 valence electrons. The molecule has 0 bridgehead atoms. The fraction of sp³-hybridized carbons (Fsp3) is 0.500. The molecule has 0 saturated carbocycles. The SMILES string of the molecule is Cc1ccc([C@@H](CNC(=O)c2nn(C)cc2Cl)N2CCOCC2)o1. The Labute approximate surface area is 145 Å². The Morgan fingerprint density at radius 1 is 1.42 bits per heavy atom. The van der Waals surface area contributed by atoms with Crippen LogP contribution in [0.4, 0.5) is 0 Å². The van der Waals surface area contributed by atoms with Crippen molar-refractivity contribution in [3.8, 4) is 0 Å². The molecule has 0 radical (unpaired) electrons. The van der Waals surface area contributed by atoms with Crippen LogP contribution in [0.5, 0.6) is 0 Å². The van der Waals surface area contributed by atoms with Gasteiger partial charge in [0.15, 0.2) is 5.69 Å². The number of amides is 1. The van der Waals surface area contributed by atoms with Gasteiger partial charge < -0.3 is 14.5 Å². The molecule has 0 unspecified atom stereocenters. The lowest BCUT2D eigenvalue weighted by atomic mass is 10.1. The highest BCUT2D eigenvalue weighted by atomic mass is 35.5. The third-order valence-corrected chi connectivity index (χ3v) is 4.31. The molecule has 0 aliphatic carbocycles. The van der Waals surface area contributed by atoms with E-state index < -0.39 is 0 Å². The molecule has 8 heteroatoms. The number of aryl methyl sites for hydroxylation is 2. The number of hydrogen-bond acceptors (Lipinski definition) is 5. The first-order valence-electron chi connectivity index (χ1n) is 7.90. The van der Waals surface area contributed by atoms with Crippen molar-refractivity contribution in [2.45, 2.75) is 13.0 Å². The highest BCUT2D eigenvalue weighted by Gasteiger charge is 2.26. The zero-order valence-electron chi connectivity index (χ0n) is 13.8. The van der Waals surface area contributed by atoms with Crippen LogP contribution in [0.15, 0.2) is 22.7 Å². The summed E-state index contributed by atoms with van der Waals surface area (Å²) in [6, 6.07) is 3.84. The smallest absolute Gasteiger partial charge is 0.273 e. The molecule has 1 saturated heterocycles. The molecular formula is C16H21ClN4O3. The Morgan fingerprint density at radius 2 is 2.17 bits per heavy atom. The predicted molar refractivity (Wildman–Crippen MR) is 89.1 cm³/mol. The third-order valence-electron chi connectivity index (χ3n) is 4.03. The summed E-state index contributed by atoms with van der Waals surface area (Å²) in [6.07, 6.45) is 1.60. The summed E-state index contributed by atoms with van der Waals surface area (Å²) < 4.78 is 12.7. The molecule has 1 atom stereocenters. The van der Waals surface area contributed by atoms with E-state index >= 15 is 0 Å². The summed E-state index contributed by atoms with van der Waals surface area (Å²) in [6.45, 7) is 5.27. The highest BCUT2D eigenvalue weighted by molar-refractivity contribution is 6.33. The second kappa shape index (κ2) is 7.38. The van der Waals surface area contributed by atoms with Crippen LogP contribution in [0.2, 0.25) is 5.02 Å². The van der Waals surface area contributed by atoms with Crippen molar-refractivity contribution in [3.05, 3.63) is 40.6 Å². The minimum atomic E-state index is -0.290. The minimum absolute atomic E-state index is 0.0472. The van der Waals surface area contributed by atoms with Gasteiger partial charge in [-0.25, -0.2) is 0 Å².